The summed E-state index contributed by atoms with van der Waals surface area (Å²) >= 11 is 0. The minimum atomic E-state index is -0.380. The second-order valence-electron chi connectivity index (χ2n) is 10.6. The second kappa shape index (κ2) is 10.5. The Hall–Kier alpha value is -3.85. The molecule has 2 aliphatic rings. The third-order valence-corrected chi connectivity index (χ3v) is 6.68. The lowest BCUT2D eigenvalue weighted by molar-refractivity contribution is -0.141. The first kappa shape index (κ1) is 25.8. The zero-order chi connectivity index (χ0) is 26.9. The molecule has 0 fully saturated rings. The van der Waals surface area contributed by atoms with Gasteiger partial charge in [-0.2, -0.15) is 0 Å². The maximum atomic E-state index is 13.0. The van der Waals surface area contributed by atoms with E-state index in [4.69, 9.17) is 0 Å². The van der Waals surface area contributed by atoms with Crippen molar-refractivity contribution in [3.63, 3.8) is 0 Å². The van der Waals surface area contributed by atoms with Gasteiger partial charge in [0.25, 0.3) is 0 Å². The molecule has 0 atom stereocenters. The van der Waals surface area contributed by atoms with Gasteiger partial charge < -0.3 is 19.4 Å². The molecule has 9 heteroatoms. The molecule has 1 amide bonds. The normalized spacial score (nSPS) is 14.8. The molecule has 38 heavy (non-hydrogen) atoms. The Morgan fingerprint density at radius 1 is 0.789 bits per heavy atom. The van der Waals surface area contributed by atoms with Crippen molar-refractivity contribution < 1.29 is 13.6 Å². The van der Waals surface area contributed by atoms with E-state index in [9.17, 15) is 13.6 Å². The molecule has 4 heterocycles. The summed E-state index contributed by atoms with van der Waals surface area (Å²) in [5, 5.41) is 3.27. The topological polar surface area (TPSA) is 68.0 Å². The van der Waals surface area contributed by atoms with Crippen LogP contribution in [0.15, 0.2) is 60.9 Å². The molecule has 0 aliphatic carbocycles. The summed E-state index contributed by atoms with van der Waals surface area (Å²) in [7, 11) is 0. The average Bonchev–Trinajstić information content (AvgIpc) is 3.53. The van der Waals surface area contributed by atoms with Crippen molar-refractivity contribution in [2.75, 3.05) is 13.1 Å². The summed E-state index contributed by atoms with van der Waals surface area (Å²) in [6.07, 6.45) is 4.00. The molecule has 0 unspecified atom stereocenters. The molecule has 2 aromatic carbocycles. The van der Waals surface area contributed by atoms with Crippen LogP contribution in [0.4, 0.5) is 8.78 Å². The Morgan fingerprint density at radius 3 is 1.84 bits per heavy atom. The summed E-state index contributed by atoms with van der Waals surface area (Å²) in [4.78, 5) is 23.4. The lowest BCUT2D eigenvalue weighted by Gasteiger charge is -2.32. The van der Waals surface area contributed by atoms with Gasteiger partial charge >= 0.3 is 0 Å². The van der Waals surface area contributed by atoms with Crippen LogP contribution in [0.1, 0.15) is 32.4 Å². The zero-order valence-corrected chi connectivity index (χ0v) is 21.9. The van der Waals surface area contributed by atoms with Gasteiger partial charge in [-0.05, 0) is 48.5 Å². The second-order valence-corrected chi connectivity index (χ2v) is 10.6. The Balaban J connectivity index is 0.000000162. The Kier molecular flexibility index (Phi) is 7.12. The van der Waals surface area contributed by atoms with Gasteiger partial charge in [0, 0.05) is 55.1 Å². The van der Waals surface area contributed by atoms with Gasteiger partial charge in [0.05, 0.1) is 24.5 Å². The fraction of sp³-hybridized carbons (Fsp3) is 0.345. The number of imidazole rings is 2. The number of rotatable bonds is 2. The van der Waals surface area contributed by atoms with Crippen molar-refractivity contribution in [2.45, 2.75) is 47.0 Å². The first-order valence-corrected chi connectivity index (χ1v) is 12.8. The molecule has 0 bridgehead atoms. The summed E-state index contributed by atoms with van der Waals surface area (Å²) in [5.41, 5.74) is 3.20. The average molecular weight is 519 g/mol. The molecule has 2 aliphatic heterocycles. The van der Waals surface area contributed by atoms with E-state index < -0.39 is 0 Å². The molecule has 2 aromatic heterocycles. The van der Waals surface area contributed by atoms with Gasteiger partial charge in [-0.15, -0.1) is 0 Å². The molecule has 4 aromatic rings. The van der Waals surface area contributed by atoms with Crippen LogP contribution in [0, 0.1) is 17.0 Å². The first-order chi connectivity index (χ1) is 18.2. The Morgan fingerprint density at radius 2 is 1.32 bits per heavy atom. The van der Waals surface area contributed by atoms with Crippen molar-refractivity contribution in [1.82, 2.24) is 29.3 Å². The summed E-state index contributed by atoms with van der Waals surface area (Å²) < 4.78 is 30.0. The standard InChI is InChI=1S/C17H20FN3O.C12H12FN3/c1-17(2,3)16(22)21-9-8-20-10-14(19-15(20)11-21)12-4-6-13(18)7-5-12;13-10-3-1-9(2-4-10)11-8-16-6-5-14-7-12(16)15-11/h4-7,10H,8-9,11H2,1-3H3;1-4,8,14H,5-7H2. The highest BCUT2D eigenvalue weighted by Crippen LogP contribution is 2.25. The van der Waals surface area contributed by atoms with Crippen LogP contribution < -0.4 is 5.32 Å². The number of carbonyl (C=O) groups is 1. The fourth-order valence-corrected chi connectivity index (χ4v) is 4.61. The Labute approximate surface area is 221 Å². The van der Waals surface area contributed by atoms with E-state index in [0.29, 0.717) is 13.1 Å². The Bertz CT molecular complexity index is 1390. The van der Waals surface area contributed by atoms with E-state index in [0.717, 1.165) is 60.3 Å². The number of amides is 1. The number of benzene rings is 2. The van der Waals surface area contributed by atoms with Crippen molar-refractivity contribution in [2.24, 2.45) is 5.41 Å². The van der Waals surface area contributed by atoms with Crippen LogP contribution in [-0.4, -0.2) is 43.0 Å². The molecule has 0 spiro atoms. The van der Waals surface area contributed by atoms with Crippen LogP contribution >= 0.6 is 0 Å². The number of hydrogen-bond donors (Lipinski definition) is 1. The number of nitrogens with one attached hydrogen (secondary N) is 1. The lowest BCUT2D eigenvalue weighted by Crippen LogP contribution is -2.43. The van der Waals surface area contributed by atoms with Crippen molar-refractivity contribution >= 4 is 5.91 Å². The van der Waals surface area contributed by atoms with Gasteiger partial charge in [0.1, 0.15) is 23.3 Å². The number of nitrogens with zero attached hydrogens (tertiary/aromatic N) is 5. The van der Waals surface area contributed by atoms with Gasteiger partial charge in [-0.3, -0.25) is 4.79 Å². The summed E-state index contributed by atoms with van der Waals surface area (Å²) in [6, 6.07) is 12.8. The van der Waals surface area contributed by atoms with Crippen molar-refractivity contribution in [3.8, 4) is 22.5 Å². The maximum absolute atomic E-state index is 13.0. The largest absolute Gasteiger partial charge is 0.333 e. The highest BCUT2D eigenvalue weighted by Gasteiger charge is 2.30. The summed E-state index contributed by atoms with van der Waals surface area (Å²) in [6.45, 7) is 10.5. The van der Waals surface area contributed by atoms with E-state index in [1.807, 2.05) is 38.1 Å². The smallest absolute Gasteiger partial charge is 0.228 e. The number of fused-ring (bicyclic) bond motifs is 2. The van der Waals surface area contributed by atoms with E-state index in [1.54, 1.807) is 24.3 Å². The van der Waals surface area contributed by atoms with Gasteiger partial charge in [-0.1, -0.05) is 20.8 Å². The lowest BCUT2D eigenvalue weighted by atomic mass is 9.94. The number of hydrogen-bond acceptors (Lipinski definition) is 4. The van der Waals surface area contributed by atoms with Crippen LogP contribution in [0.3, 0.4) is 0 Å². The molecule has 0 radical (unpaired) electrons. The minimum Gasteiger partial charge on any atom is -0.333 e. The SMILES string of the molecule is CC(C)(C)C(=O)N1CCn2cc(-c3ccc(F)cc3)nc2C1.Fc1ccc(-c2cn3c(n2)CNCC3)cc1. The molecule has 1 N–H and O–H groups in total. The first-order valence-electron chi connectivity index (χ1n) is 12.8. The van der Waals surface area contributed by atoms with Crippen molar-refractivity contribution in [3.05, 3.63) is 84.2 Å². The third kappa shape index (κ3) is 5.67. The number of halogens is 2. The predicted molar refractivity (Wildman–Crippen MR) is 142 cm³/mol. The minimum absolute atomic E-state index is 0.144. The van der Waals surface area contributed by atoms with Gasteiger partial charge in [-0.25, -0.2) is 18.7 Å². The number of carbonyl (C=O) groups excluding carboxylic acids is 1. The van der Waals surface area contributed by atoms with Crippen LogP contribution in [-0.2, 0) is 31.0 Å². The van der Waals surface area contributed by atoms with Gasteiger partial charge in [0.2, 0.25) is 5.91 Å². The number of aromatic nitrogens is 4. The fourth-order valence-electron chi connectivity index (χ4n) is 4.61. The van der Waals surface area contributed by atoms with Gasteiger partial charge in [0.15, 0.2) is 0 Å². The predicted octanol–water partition coefficient (Wildman–Crippen LogP) is 4.87. The quantitative estimate of drug-likeness (QED) is 0.411. The van der Waals surface area contributed by atoms with E-state index in [1.165, 1.54) is 24.3 Å². The van der Waals surface area contributed by atoms with Crippen LogP contribution in [0.2, 0.25) is 0 Å². The molecule has 0 saturated carbocycles. The van der Waals surface area contributed by atoms with E-state index in [-0.39, 0.29) is 23.0 Å². The molecular formula is C29H32F2N6O. The van der Waals surface area contributed by atoms with E-state index in [2.05, 4.69) is 24.4 Å². The molecule has 198 valence electrons. The summed E-state index contributed by atoms with van der Waals surface area (Å²) in [5.74, 6) is 1.60. The molecule has 7 nitrogen and oxygen atoms in total. The maximum Gasteiger partial charge on any atom is 0.228 e. The monoisotopic (exact) mass is 518 g/mol. The zero-order valence-electron chi connectivity index (χ0n) is 21.9. The third-order valence-electron chi connectivity index (χ3n) is 6.68. The molecule has 0 saturated heterocycles. The highest BCUT2D eigenvalue weighted by atomic mass is 19.1. The molecule has 6 rings (SSSR count). The highest BCUT2D eigenvalue weighted by molar-refractivity contribution is 5.81. The van der Waals surface area contributed by atoms with Crippen molar-refractivity contribution in [1.29, 1.82) is 0 Å². The van der Waals surface area contributed by atoms with Crippen LogP contribution in [0.5, 0.6) is 0 Å². The van der Waals surface area contributed by atoms with Crippen LogP contribution in [0.25, 0.3) is 22.5 Å². The van der Waals surface area contributed by atoms with E-state index >= 15 is 0 Å². The molecular weight excluding hydrogens is 486 g/mol.